The number of halogens is 2. The van der Waals surface area contributed by atoms with E-state index in [0.29, 0.717) is 25.3 Å². The van der Waals surface area contributed by atoms with Gasteiger partial charge in [-0.05, 0) is 37.3 Å². The van der Waals surface area contributed by atoms with Crippen LogP contribution < -0.4 is 0 Å². The van der Waals surface area contributed by atoms with E-state index in [1.807, 2.05) is 0 Å². The number of allylic oxidation sites excluding steroid dienone is 3. The topological polar surface area (TPSA) is 55.8 Å². The minimum absolute atomic E-state index is 0.186. The summed E-state index contributed by atoms with van der Waals surface area (Å²) >= 11 is 0. The van der Waals surface area contributed by atoms with Crippen molar-refractivity contribution in [3.8, 4) is 0 Å². The zero-order valence-electron chi connectivity index (χ0n) is 14.7. The van der Waals surface area contributed by atoms with Crippen LogP contribution in [0.2, 0.25) is 0 Å². The highest BCUT2D eigenvalue weighted by atomic mass is 19.3. The fourth-order valence-corrected chi connectivity index (χ4v) is 4.63. The van der Waals surface area contributed by atoms with Crippen LogP contribution in [0.3, 0.4) is 0 Å². The molecule has 2 atom stereocenters. The summed E-state index contributed by atoms with van der Waals surface area (Å²) in [4.78, 5) is 26.2. The van der Waals surface area contributed by atoms with E-state index in [4.69, 9.17) is 9.47 Å². The number of carbonyl (C=O) groups is 2. The predicted octanol–water partition coefficient (Wildman–Crippen LogP) is 2.67. The molecule has 26 heavy (non-hydrogen) atoms. The van der Waals surface area contributed by atoms with Gasteiger partial charge in [0.1, 0.15) is 5.92 Å². The maximum Gasteiger partial charge on any atom is 0.254 e. The number of rotatable bonds is 3. The molecule has 2 aliphatic heterocycles. The fourth-order valence-electron chi connectivity index (χ4n) is 4.63. The quantitative estimate of drug-likeness (QED) is 0.770. The lowest BCUT2D eigenvalue weighted by Gasteiger charge is -2.37. The van der Waals surface area contributed by atoms with Gasteiger partial charge in [-0.2, -0.15) is 0 Å². The van der Waals surface area contributed by atoms with Gasteiger partial charge in [-0.1, -0.05) is 6.08 Å². The molecule has 1 saturated heterocycles. The number of hydrogen-bond donors (Lipinski definition) is 0. The molecule has 2 aliphatic carbocycles. The lowest BCUT2D eigenvalue weighted by atomic mass is 9.84. The monoisotopic (exact) mass is 367 g/mol. The highest BCUT2D eigenvalue weighted by Gasteiger charge is 2.47. The normalized spacial score (nSPS) is 31.6. The van der Waals surface area contributed by atoms with E-state index in [1.165, 1.54) is 17.1 Å². The van der Waals surface area contributed by atoms with Crippen LogP contribution in [0.15, 0.2) is 23.4 Å². The van der Waals surface area contributed by atoms with Crippen LogP contribution in [0.1, 0.15) is 32.6 Å². The zero-order chi connectivity index (χ0) is 18.5. The fraction of sp³-hybridized carbons (Fsp3) is 0.684. The van der Waals surface area contributed by atoms with Crippen molar-refractivity contribution in [2.24, 2.45) is 17.8 Å². The number of ketones is 1. The van der Waals surface area contributed by atoms with E-state index in [0.717, 1.165) is 25.7 Å². The van der Waals surface area contributed by atoms with Crippen molar-refractivity contribution in [2.75, 3.05) is 19.8 Å². The summed E-state index contributed by atoms with van der Waals surface area (Å²) in [7, 11) is 0. The van der Waals surface area contributed by atoms with Crippen molar-refractivity contribution in [1.82, 2.24) is 4.90 Å². The summed E-state index contributed by atoms with van der Waals surface area (Å²) in [5.41, 5.74) is 0.785. The molecule has 0 aromatic carbocycles. The Morgan fingerprint density at radius 1 is 1.19 bits per heavy atom. The van der Waals surface area contributed by atoms with Gasteiger partial charge in [0.25, 0.3) is 6.43 Å². The van der Waals surface area contributed by atoms with Crippen molar-refractivity contribution < 1.29 is 27.8 Å². The predicted molar refractivity (Wildman–Crippen MR) is 88.1 cm³/mol. The third-order valence-corrected chi connectivity index (χ3v) is 6.09. The summed E-state index contributed by atoms with van der Waals surface area (Å²) in [6.45, 7) is 3.31. The molecule has 2 heterocycles. The van der Waals surface area contributed by atoms with Crippen molar-refractivity contribution >= 4 is 11.7 Å². The van der Waals surface area contributed by atoms with Gasteiger partial charge < -0.3 is 14.4 Å². The Hall–Kier alpha value is -1.60. The molecule has 1 spiro atoms. The summed E-state index contributed by atoms with van der Waals surface area (Å²) in [6, 6.07) is 0. The van der Waals surface area contributed by atoms with Gasteiger partial charge in [0, 0.05) is 25.1 Å². The molecule has 0 aromatic heterocycles. The van der Waals surface area contributed by atoms with Crippen LogP contribution >= 0.6 is 0 Å². The molecule has 0 aromatic rings. The van der Waals surface area contributed by atoms with Crippen LogP contribution in [-0.2, 0) is 19.1 Å². The third kappa shape index (κ3) is 2.81. The molecule has 1 saturated carbocycles. The molecular formula is C19H23F2NO4. The first kappa shape index (κ1) is 17.8. The summed E-state index contributed by atoms with van der Waals surface area (Å²) < 4.78 is 38.6. The highest BCUT2D eigenvalue weighted by Crippen LogP contribution is 2.43. The summed E-state index contributed by atoms with van der Waals surface area (Å²) in [5.74, 6) is -3.11. The molecule has 2 fully saturated rings. The minimum atomic E-state index is -2.81. The second-order valence-corrected chi connectivity index (χ2v) is 7.61. The van der Waals surface area contributed by atoms with Crippen LogP contribution in [0.4, 0.5) is 8.78 Å². The van der Waals surface area contributed by atoms with Gasteiger partial charge >= 0.3 is 0 Å². The van der Waals surface area contributed by atoms with Crippen molar-refractivity contribution in [2.45, 2.75) is 44.8 Å². The number of amides is 1. The molecule has 0 N–H and O–H groups in total. The van der Waals surface area contributed by atoms with Crippen molar-refractivity contribution in [1.29, 1.82) is 0 Å². The smallest absolute Gasteiger partial charge is 0.254 e. The van der Waals surface area contributed by atoms with Crippen LogP contribution in [0.5, 0.6) is 0 Å². The van der Waals surface area contributed by atoms with E-state index >= 15 is 0 Å². The summed E-state index contributed by atoms with van der Waals surface area (Å²) in [6.07, 6.45) is 3.02. The molecule has 4 aliphatic rings. The molecule has 1 amide bonds. The van der Waals surface area contributed by atoms with Gasteiger partial charge in [0.15, 0.2) is 11.6 Å². The standard InChI is InChI=1S/C19H23F2NO4/c1-11-13-2-3-14(23)15(17(20)21)16(13)22(18(11)24)10-12-4-6-19(7-5-12)25-8-9-26-19/h2-3,11-12,15,17H,4-10H2,1H3. The van der Waals surface area contributed by atoms with Crippen LogP contribution in [0.25, 0.3) is 0 Å². The molecule has 0 radical (unpaired) electrons. The van der Waals surface area contributed by atoms with Crippen LogP contribution in [-0.4, -0.2) is 48.6 Å². The summed E-state index contributed by atoms with van der Waals surface area (Å²) in [5, 5.41) is 0. The Labute approximate surface area is 151 Å². The molecule has 4 rings (SSSR count). The largest absolute Gasteiger partial charge is 0.348 e. The van der Waals surface area contributed by atoms with Gasteiger partial charge in [0.2, 0.25) is 5.91 Å². The Morgan fingerprint density at radius 2 is 1.85 bits per heavy atom. The number of nitrogens with zero attached hydrogens (tertiary/aromatic N) is 1. The molecule has 7 heteroatoms. The third-order valence-electron chi connectivity index (χ3n) is 6.09. The van der Waals surface area contributed by atoms with Gasteiger partial charge in [-0.25, -0.2) is 8.78 Å². The lowest BCUT2D eigenvalue weighted by molar-refractivity contribution is -0.183. The van der Waals surface area contributed by atoms with Gasteiger partial charge in [-0.15, -0.1) is 0 Å². The van der Waals surface area contributed by atoms with Gasteiger partial charge in [0.05, 0.1) is 19.1 Å². The van der Waals surface area contributed by atoms with E-state index < -0.39 is 29.8 Å². The zero-order valence-corrected chi connectivity index (χ0v) is 14.7. The van der Waals surface area contributed by atoms with Crippen molar-refractivity contribution in [3.05, 3.63) is 23.4 Å². The minimum Gasteiger partial charge on any atom is -0.348 e. The molecular weight excluding hydrogens is 344 g/mol. The molecule has 5 nitrogen and oxygen atoms in total. The Balaban J connectivity index is 1.52. The maximum absolute atomic E-state index is 13.6. The van der Waals surface area contributed by atoms with E-state index in [-0.39, 0.29) is 17.5 Å². The number of ether oxygens (including phenoxy) is 2. The number of carbonyl (C=O) groups excluding carboxylic acids is 2. The van der Waals surface area contributed by atoms with Gasteiger partial charge in [-0.3, -0.25) is 9.59 Å². The molecule has 2 unspecified atom stereocenters. The Bertz CT molecular complexity index is 671. The maximum atomic E-state index is 13.6. The number of hydrogen-bond acceptors (Lipinski definition) is 4. The average Bonchev–Trinajstić information content (AvgIpc) is 3.16. The average molecular weight is 367 g/mol. The van der Waals surface area contributed by atoms with Crippen molar-refractivity contribution in [3.63, 3.8) is 0 Å². The first-order chi connectivity index (χ1) is 12.4. The second-order valence-electron chi connectivity index (χ2n) is 7.61. The van der Waals surface area contributed by atoms with E-state index in [9.17, 15) is 18.4 Å². The SMILES string of the molecule is CC1C(=O)N(CC2CCC3(CC2)OCCO3)C2=C1C=CC(=O)C2C(F)F. The Morgan fingerprint density at radius 3 is 2.46 bits per heavy atom. The van der Waals surface area contributed by atoms with E-state index in [1.54, 1.807) is 6.92 Å². The first-order valence-corrected chi connectivity index (χ1v) is 9.25. The molecule has 0 bridgehead atoms. The highest BCUT2D eigenvalue weighted by molar-refractivity contribution is 6.00. The Kier molecular flexibility index (Phi) is 4.47. The molecule has 142 valence electrons. The van der Waals surface area contributed by atoms with E-state index in [2.05, 4.69) is 0 Å². The second kappa shape index (κ2) is 6.53. The lowest BCUT2D eigenvalue weighted by Crippen LogP contribution is -2.42. The number of alkyl halides is 2. The first-order valence-electron chi connectivity index (χ1n) is 9.25. The van der Waals surface area contributed by atoms with Crippen LogP contribution in [0, 0.1) is 17.8 Å².